The number of nitrogens with zero attached hydrogens (tertiary/aromatic N) is 1. The maximum atomic E-state index is 11.9. The molecule has 0 unspecified atom stereocenters. The number of para-hydroxylation sites is 1. The van der Waals surface area contributed by atoms with E-state index in [1.807, 2.05) is 12.1 Å². The molecular weight excluding hydrogens is 375 g/mol. The van der Waals surface area contributed by atoms with Crippen LogP contribution in [0.3, 0.4) is 0 Å². The second-order valence-corrected chi connectivity index (χ2v) is 7.01. The van der Waals surface area contributed by atoms with Gasteiger partial charge in [0.1, 0.15) is 0 Å². The van der Waals surface area contributed by atoms with E-state index in [4.69, 9.17) is 4.74 Å². The van der Waals surface area contributed by atoms with E-state index >= 15 is 0 Å². The van der Waals surface area contributed by atoms with Crippen LogP contribution in [0.5, 0.6) is 11.5 Å². The molecule has 1 aliphatic heterocycles. The van der Waals surface area contributed by atoms with Gasteiger partial charge in [0.25, 0.3) is 0 Å². The first kappa shape index (κ1) is 16.1. The quantitative estimate of drug-likeness (QED) is 0.644. The van der Waals surface area contributed by atoms with E-state index in [0.29, 0.717) is 22.6 Å². The second-order valence-electron chi connectivity index (χ2n) is 5.37. The number of hydrogen-bond acceptors (Lipinski definition) is 4. The summed E-state index contributed by atoms with van der Waals surface area (Å²) in [5.74, 6) is -1.94. The molecule has 0 radical (unpaired) electrons. The number of rotatable bonds is 3. The summed E-state index contributed by atoms with van der Waals surface area (Å²) in [6.45, 7) is -0.453. The molecule has 0 saturated carbocycles. The molecular formula is C16H12NO5Y. The summed E-state index contributed by atoms with van der Waals surface area (Å²) in [6, 6.07) is 12.3. The molecule has 6 nitrogen and oxygen atoms in total. The van der Waals surface area contributed by atoms with E-state index in [-0.39, 0.29) is 0 Å². The zero-order valence-corrected chi connectivity index (χ0v) is 14.8. The van der Waals surface area contributed by atoms with Gasteiger partial charge in [-0.3, -0.25) is 0 Å². The average molecular weight is 387 g/mol. The number of carboxylic acid groups (broad SMARTS) is 1. The van der Waals surface area contributed by atoms with Gasteiger partial charge in [0.15, 0.2) is 0 Å². The van der Waals surface area contributed by atoms with Crippen molar-refractivity contribution in [1.82, 2.24) is 0 Å². The molecule has 0 spiro atoms. The van der Waals surface area contributed by atoms with Crippen LogP contribution in [-0.4, -0.2) is 22.5 Å². The van der Waals surface area contributed by atoms with Gasteiger partial charge >= 0.3 is 152 Å². The SMILES string of the molecule is O=C(O)[C@@H]1c2ccccc2Oc2cc[c]([Y])cc2[C@H]1C[N+](=O)[O-]. The zero-order valence-electron chi connectivity index (χ0n) is 12.0. The van der Waals surface area contributed by atoms with E-state index in [2.05, 4.69) is 0 Å². The van der Waals surface area contributed by atoms with Crippen molar-refractivity contribution in [3.05, 3.63) is 63.7 Å². The van der Waals surface area contributed by atoms with Crippen molar-refractivity contribution in [3.63, 3.8) is 0 Å². The third-order valence-electron chi connectivity index (χ3n) is 3.92. The van der Waals surface area contributed by atoms with Crippen molar-refractivity contribution in [1.29, 1.82) is 0 Å². The van der Waals surface area contributed by atoms with Crippen molar-refractivity contribution in [2.45, 2.75) is 11.8 Å². The van der Waals surface area contributed by atoms with Gasteiger partial charge < -0.3 is 0 Å². The van der Waals surface area contributed by atoms with Crippen molar-refractivity contribution < 1.29 is 50.5 Å². The summed E-state index contributed by atoms with van der Waals surface area (Å²) in [5, 5.41) is 20.9. The Morgan fingerprint density at radius 1 is 1.22 bits per heavy atom. The second kappa shape index (κ2) is 6.37. The van der Waals surface area contributed by atoms with Crippen LogP contribution in [0.25, 0.3) is 0 Å². The molecule has 0 aromatic heterocycles. The predicted molar refractivity (Wildman–Crippen MR) is 77.6 cm³/mol. The first-order valence-corrected chi connectivity index (χ1v) is 8.40. The normalized spacial score (nSPS) is 18.9. The summed E-state index contributed by atoms with van der Waals surface area (Å²) in [7, 11) is 0. The van der Waals surface area contributed by atoms with Crippen LogP contribution in [0.4, 0.5) is 0 Å². The van der Waals surface area contributed by atoms with Gasteiger partial charge in [0.05, 0.1) is 0 Å². The molecule has 0 bridgehead atoms. The molecule has 0 saturated heterocycles. The van der Waals surface area contributed by atoms with Crippen molar-refractivity contribution in [2.75, 3.05) is 6.54 Å². The van der Waals surface area contributed by atoms with Crippen molar-refractivity contribution in [3.8, 4) is 11.5 Å². The third kappa shape index (κ3) is 3.14. The molecule has 1 heterocycles. The Labute approximate surface area is 152 Å². The molecule has 2 aromatic rings. The fourth-order valence-corrected chi connectivity index (χ4v) is 3.64. The number of carbonyl (C=O) groups is 1. The summed E-state index contributed by atoms with van der Waals surface area (Å²) < 4.78 is 6.91. The predicted octanol–water partition coefficient (Wildman–Crippen LogP) is 2.19. The van der Waals surface area contributed by atoms with Gasteiger partial charge in [0, 0.05) is 0 Å². The van der Waals surface area contributed by atoms with Crippen molar-refractivity contribution >= 4 is 8.34 Å². The van der Waals surface area contributed by atoms with Gasteiger partial charge in [-0.25, -0.2) is 0 Å². The van der Waals surface area contributed by atoms with Crippen molar-refractivity contribution in [2.24, 2.45) is 0 Å². The average Bonchev–Trinajstić information content (AvgIpc) is 2.61. The molecule has 3 rings (SSSR count). The van der Waals surface area contributed by atoms with Crippen LogP contribution < -0.4 is 7.11 Å². The van der Waals surface area contributed by atoms with Gasteiger partial charge in [-0.05, 0) is 0 Å². The first-order chi connectivity index (χ1) is 11.0. The van der Waals surface area contributed by atoms with E-state index < -0.39 is 29.3 Å². The topological polar surface area (TPSA) is 89.7 Å². The Morgan fingerprint density at radius 3 is 2.61 bits per heavy atom. The monoisotopic (exact) mass is 387 g/mol. The van der Waals surface area contributed by atoms with Gasteiger partial charge in [-0.2, -0.15) is 0 Å². The van der Waals surface area contributed by atoms with Crippen LogP contribution >= 0.6 is 0 Å². The minimum atomic E-state index is -1.08. The standard InChI is InChI=1S/C16H12NO5.Y/c18-16(19)15-11-6-2-4-8-14(11)22-13-7-3-1-5-10(13)12(15)9-17(20)21;/h2-8,12,15H,9H2,(H,18,19);/t12-,15-;/m1./s1. The first-order valence-electron chi connectivity index (χ1n) is 6.98. The molecule has 7 heteroatoms. The van der Waals surface area contributed by atoms with Gasteiger partial charge in [-0.15, -0.1) is 0 Å². The number of nitro groups is 1. The van der Waals surface area contributed by atoms with Crippen LogP contribution in [0, 0.1) is 10.1 Å². The number of fused-ring (bicyclic) bond motifs is 2. The number of ether oxygens (including phenoxy) is 1. The summed E-state index contributed by atoms with van der Waals surface area (Å²) in [5.41, 5.74) is 1.06. The fourth-order valence-electron chi connectivity index (χ4n) is 2.96. The molecule has 0 amide bonds. The Balaban J connectivity index is 2.26. The number of aliphatic carboxylic acids is 1. The Morgan fingerprint density at radius 2 is 1.91 bits per heavy atom. The van der Waals surface area contributed by atoms with E-state index in [1.54, 1.807) is 30.3 Å². The zero-order chi connectivity index (χ0) is 16.6. The molecule has 2 atom stereocenters. The number of carboxylic acids is 1. The molecule has 1 N–H and O–H groups in total. The Hall–Kier alpha value is -1.79. The molecule has 0 fully saturated rings. The summed E-state index contributed by atoms with van der Waals surface area (Å²) in [6.07, 6.45) is 0. The molecule has 0 aliphatic carbocycles. The van der Waals surface area contributed by atoms with E-state index in [0.717, 1.165) is 33.3 Å². The molecule has 2 aromatic carbocycles. The van der Waals surface area contributed by atoms with E-state index in [9.17, 15) is 20.0 Å². The van der Waals surface area contributed by atoms with Gasteiger partial charge in [-0.1, -0.05) is 0 Å². The Kier molecular flexibility index (Phi) is 4.46. The van der Waals surface area contributed by atoms with Crippen LogP contribution in [0.2, 0.25) is 0 Å². The molecule has 114 valence electrons. The summed E-state index contributed by atoms with van der Waals surface area (Å²) >= 11 is 0.839. The number of hydrogen-bond donors (Lipinski definition) is 1. The number of benzene rings is 2. The molecule has 1 aliphatic rings. The summed E-state index contributed by atoms with van der Waals surface area (Å²) in [4.78, 5) is 22.6. The maximum absolute atomic E-state index is 11.9. The van der Waals surface area contributed by atoms with Crippen LogP contribution in [0.15, 0.2) is 42.5 Å². The van der Waals surface area contributed by atoms with Gasteiger partial charge in [0.2, 0.25) is 0 Å². The molecule has 23 heavy (non-hydrogen) atoms. The van der Waals surface area contributed by atoms with Crippen LogP contribution in [0.1, 0.15) is 23.0 Å². The van der Waals surface area contributed by atoms with Crippen LogP contribution in [-0.2, 0) is 35.7 Å². The van der Waals surface area contributed by atoms with E-state index in [1.165, 1.54) is 0 Å². The minimum absolute atomic E-state index is 0.437. The fraction of sp³-hybridized carbons (Fsp3) is 0.188. The Bertz CT molecular complexity index is 792. The third-order valence-corrected chi connectivity index (χ3v) is 4.80.